The molecule has 4 aromatic rings. The van der Waals surface area contributed by atoms with Crippen molar-refractivity contribution in [3.8, 4) is 5.69 Å². The summed E-state index contributed by atoms with van der Waals surface area (Å²) in [5.74, 6) is 0.565. The number of aliphatic hydroxyl groups excluding tert-OH is 1. The molecule has 1 unspecified atom stereocenters. The van der Waals surface area contributed by atoms with Crippen molar-refractivity contribution in [2.75, 3.05) is 5.32 Å². The smallest absolute Gasteiger partial charge is 0.190 e. The van der Waals surface area contributed by atoms with Crippen molar-refractivity contribution in [3.63, 3.8) is 0 Å². The Hall–Kier alpha value is -3.32. The van der Waals surface area contributed by atoms with E-state index in [1.165, 1.54) is 0 Å². The molecule has 1 atom stereocenters. The van der Waals surface area contributed by atoms with Gasteiger partial charge in [0, 0.05) is 5.69 Å². The molecule has 0 radical (unpaired) electrons. The molecule has 0 fully saturated rings. The summed E-state index contributed by atoms with van der Waals surface area (Å²) in [5, 5.41) is 30.2. The van der Waals surface area contributed by atoms with Crippen molar-refractivity contribution in [2.24, 2.45) is 0 Å². The molecule has 0 aliphatic heterocycles. The Morgan fingerprint density at radius 2 is 1.88 bits per heavy atom. The van der Waals surface area contributed by atoms with E-state index < -0.39 is 6.10 Å². The summed E-state index contributed by atoms with van der Waals surface area (Å²) in [7, 11) is 0. The van der Waals surface area contributed by atoms with E-state index >= 15 is 0 Å². The van der Waals surface area contributed by atoms with Gasteiger partial charge in [-0.25, -0.2) is 4.68 Å². The summed E-state index contributed by atoms with van der Waals surface area (Å²) >= 11 is 0. The van der Waals surface area contributed by atoms with Crippen LogP contribution in [-0.2, 0) is 0 Å². The number of fused-ring (bicyclic) bond motifs is 1. The highest BCUT2D eigenvalue weighted by Crippen LogP contribution is 2.25. The molecule has 0 spiro atoms. The van der Waals surface area contributed by atoms with Crippen LogP contribution in [0.1, 0.15) is 18.6 Å². The molecule has 0 aliphatic carbocycles. The number of benzene rings is 2. The van der Waals surface area contributed by atoms with Gasteiger partial charge in [-0.2, -0.15) is 5.10 Å². The summed E-state index contributed by atoms with van der Waals surface area (Å²) in [6.45, 7) is 1.73. The molecule has 0 aliphatic rings. The van der Waals surface area contributed by atoms with Gasteiger partial charge < -0.3 is 10.4 Å². The van der Waals surface area contributed by atoms with Crippen molar-refractivity contribution in [1.29, 1.82) is 0 Å². The Balaban J connectivity index is 1.74. The number of hydrogen-bond acceptors (Lipinski definition) is 6. The third-order valence-electron chi connectivity index (χ3n) is 3.92. The van der Waals surface area contributed by atoms with E-state index in [-0.39, 0.29) is 0 Å². The zero-order valence-electron chi connectivity index (χ0n) is 13.5. The Labute approximate surface area is 144 Å². The third kappa shape index (κ3) is 2.92. The second kappa shape index (κ2) is 6.29. The molecular weight excluding hydrogens is 316 g/mol. The SMILES string of the molecule is CC(O)c1cccc(Nc2nnnc3c2cnn3-c2ccccc2)c1. The van der Waals surface area contributed by atoms with Gasteiger partial charge in [0.2, 0.25) is 0 Å². The quantitative estimate of drug-likeness (QED) is 0.597. The maximum Gasteiger partial charge on any atom is 0.190 e. The van der Waals surface area contributed by atoms with Crippen LogP contribution in [0.25, 0.3) is 16.7 Å². The monoisotopic (exact) mass is 332 g/mol. The molecule has 2 N–H and O–H groups in total. The Morgan fingerprint density at radius 3 is 2.68 bits per heavy atom. The Morgan fingerprint density at radius 1 is 1.04 bits per heavy atom. The number of aliphatic hydroxyl groups is 1. The van der Waals surface area contributed by atoms with Crippen LogP contribution >= 0.6 is 0 Å². The molecule has 124 valence electrons. The van der Waals surface area contributed by atoms with E-state index in [2.05, 4.69) is 25.8 Å². The number of rotatable bonds is 4. The van der Waals surface area contributed by atoms with E-state index in [4.69, 9.17) is 0 Å². The van der Waals surface area contributed by atoms with Crippen LogP contribution < -0.4 is 5.32 Å². The van der Waals surface area contributed by atoms with Crippen LogP contribution in [0, 0.1) is 0 Å². The minimum absolute atomic E-state index is 0.536. The zero-order valence-corrected chi connectivity index (χ0v) is 13.5. The van der Waals surface area contributed by atoms with E-state index in [0.29, 0.717) is 11.5 Å². The van der Waals surface area contributed by atoms with Crippen LogP contribution in [0.5, 0.6) is 0 Å². The number of hydrogen-bond donors (Lipinski definition) is 2. The molecular formula is C18H16N6O. The Kier molecular flexibility index (Phi) is 3.83. The molecule has 2 aromatic heterocycles. The first-order valence-corrected chi connectivity index (χ1v) is 7.90. The number of nitrogens with one attached hydrogen (secondary N) is 1. The van der Waals surface area contributed by atoms with Crippen LogP contribution in [0.2, 0.25) is 0 Å². The molecule has 7 nitrogen and oxygen atoms in total. The maximum absolute atomic E-state index is 9.74. The van der Waals surface area contributed by atoms with E-state index in [1.54, 1.807) is 17.8 Å². The molecule has 0 saturated heterocycles. The lowest BCUT2D eigenvalue weighted by atomic mass is 10.1. The summed E-state index contributed by atoms with van der Waals surface area (Å²) in [6, 6.07) is 17.3. The van der Waals surface area contributed by atoms with Crippen molar-refractivity contribution in [2.45, 2.75) is 13.0 Å². The van der Waals surface area contributed by atoms with E-state index in [1.807, 2.05) is 54.6 Å². The predicted molar refractivity (Wildman–Crippen MR) is 94.8 cm³/mol. The second-order valence-corrected chi connectivity index (χ2v) is 5.69. The minimum Gasteiger partial charge on any atom is -0.389 e. The van der Waals surface area contributed by atoms with Crippen LogP contribution in [0.15, 0.2) is 60.8 Å². The number of para-hydroxylation sites is 1. The molecule has 4 rings (SSSR count). The van der Waals surface area contributed by atoms with Gasteiger partial charge in [0.1, 0.15) is 0 Å². The molecule has 2 aromatic carbocycles. The standard InChI is InChI=1S/C18H16N6O/c1-12(25)13-6-5-7-14(10-13)20-17-16-11-19-24(18(16)22-23-21-17)15-8-3-2-4-9-15/h2-12,25H,1H3,(H,20,21,22). The lowest BCUT2D eigenvalue weighted by Gasteiger charge is -2.09. The van der Waals surface area contributed by atoms with Gasteiger partial charge in [0.25, 0.3) is 0 Å². The van der Waals surface area contributed by atoms with Gasteiger partial charge in [-0.1, -0.05) is 30.3 Å². The summed E-state index contributed by atoms with van der Waals surface area (Å²) in [4.78, 5) is 0. The lowest BCUT2D eigenvalue weighted by molar-refractivity contribution is 0.199. The third-order valence-corrected chi connectivity index (χ3v) is 3.92. The highest BCUT2D eigenvalue weighted by atomic mass is 16.3. The molecule has 25 heavy (non-hydrogen) atoms. The Bertz CT molecular complexity index is 1010. The topological polar surface area (TPSA) is 88.8 Å². The van der Waals surface area contributed by atoms with Gasteiger partial charge in [0.05, 0.1) is 23.4 Å². The average Bonchev–Trinajstić information content (AvgIpc) is 3.08. The fourth-order valence-corrected chi connectivity index (χ4v) is 2.63. The van der Waals surface area contributed by atoms with Crippen molar-refractivity contribution < 1.29 is 5.11 Å². The van der Waals surface area contributed by atoms with Crippen molar-refractivity contribution >= 4 is 22.5 Å². The van der Waals surface area contributed by atoms with Gasteiger partial charge in [-0.15, -0.1) is 10.2 Å². The minimum atomic E-state index is -0.536. The molecule has 2 heterocycles. The fourth-order valence-electron chi connectivity index (χ4n) is 2.63. The lowest BCUT2D eigenvalue weighted by Crippen LogP contribution is -2.02. The highest BCUT2D eigenvalue weighted by molar-refractivity contribution is 5.88. The first kappa shape index (κ1) is 15.2. The summed E-state index contributed by atoms with van der Waals surface area (Å²) < 4.78 is 1.72. The van der Waals surface area contributed by atoms with E-state index in [0.717, 1.165) is 22.3 Å². The molecule has 0 saturated carbocycles. The van der Waals surface area contributed by atoms with Gasteiger partial charge in [-0.05, 0) is 42.0 Å². The van der Waals surface area contributed by atoms with Crippen LogP contribution in [0.3, 0.4) is 0 Å². The van der Waals surface area contributed by atoms with Crippen molar-refractivity contribution in [3.05, 3.63) is 66.4 Å². The zero-order chi connectivity index (χ0) is 17.2. The van der Waals surface area contributed by atoms with Crippen molar-refractivity contribution in [1.82, 2.24) is 25.2 Å². The summed E-state index contributed by atoms with van der Waals surface area (Å²) in [5.41, 5.74) is 3.16. The van der Waals surface area contributed by atoms with Gasteiger partial charge in [-0.3, -0.25) is 0 Å². The number of aromatic nitrogens is 5. The van der Waals surface area contributed by atoms with Gasteiger partial charge >= 0.3 is 0 Å². The number of anilines is 2. The highest BCUT2D eigenvalue weighted by Gasteiger charge is 2.12. The molecule has 0 bridgehead atoms. The number of nitrogens with zero attached hydrogens (tertiary/aromatic N) is 5. The molecule has 0 amide bonds. The molecule has 7 heteroatoms. The van der Waals surface area contributed by atoms with E-state index in [9.17, 15) is 5.11 Å². The fraction of sp³-hybridized carbons (Fsp3) is 0.111. The summed E-state index contributed by atoms with van der Waals surface area (Å²) in [6.07, 6.45) is 1.18. The largest absolute Gasteiger partial charge is 0.389 e. The first-order chi connectivity index (χ1) is 12.2. The first-order valence-electron chi connectivity index (χ1n) is 7.90. The average molecular weight is 332 g/mol. The second-order valence-electron chi connectivity index (χ2n) is 5.69. The normalized spacial score (nSPS) is 12.2. The van der Waals surface area contributed by atoms with Gasteiger partial charge in [0.15, 0.2) is 11.5 Å². The van der Waals surface area contributed by atoms with Crippen LogP contribution in [-0.4, -0.2) is 30.3 Å². The predicted octanol–water partition coefficient (Wildman–Crippen LogP) is 3.01. The maximum atomic E-state index is 9.74. The van der Waals surface area contributed by atoms with Crippen LogP contribution in [0.4, 0.5) is 11.5 Å².